The van der Waals surface area contributed by atoms with Crippen LogP contribution in [0.5, 0.6) is 0 Å². The Morgan fingerprint density at radius 1 is 1.19 bits per heavy atom. The molecule has 7 heteroatoms. The van der Waals surface area contributed by atoms with Crippen LogP contribution in [0.4, 0.5) is 5.69 Å². The number of fused-ring (bicyclic) bond motifs is 3. The van der Waals surface area contributed by atoms with Gasteiger partial charge in [0, 0.05) is 28.6 Å². The van der Waals surface area contributed by atoms with Crippen LogP contribution in [-0.4, -0.2) is 11.7 Å². The lowest BCUT2D eigenvalue weighted by Crippen LogP contribution is -2.47. The molecule has 3 aliphatic rings. The standard InChI is InChI=1S/C24H18BrN3O3/c1-12-7-8-16-19(21(12)25)24(23(30)28-16)15(11-26)22(27)31-18-10-14(9-17(29)20(18)24)13-5-3-2-4-6-13/h2-8,14H,9-10,27H2,1H3,(H,28,30). The molecule has 1 spiro atoms. The molecule has 1 aliphatic carbocycles. The molecule has 154 valence electrons. The van der Waals surface area contributed by atoms with Crippen molar-refractivity contribution in [3.05, 3.63) is 86.4 Å². The number of aryl methyl sites for hydroxylation is 1. The van der Waals surface area contributed by atoms with E-state index in [1.807, 2.05) is 43.3 Å². The number of anilines is 1. The first-order valence-corrected chi connectivity index (χ1v) is 10.7. The Kier molecular flexibility index (Phi) is 4.31. The average Bonchev–Trinajstić information content (AvgIpc) is 3.04. The molecule has 2 atom stereocenters. The number of nitrogens with zero attached hydrogens (tertiary/aromatic N) is 1. The van der Waals surface area contributed by atoms with Gasteiger partial charge in [0.25, 0.3) is 0 Å². The monoisotopic (exact) mass is 475 g/mol. The fraction of sp³-hybridized carbons (Fsp3) is 0.208. The molecule has 2 aromatic carbocycles. The number of hydrogen-bond acceptors (Lipinski definition) is 5. The molecule has 0 aromatic heterocycles. The summed E-state index contributed by atoms with van der Waals surface area (Å²) in [4.78, 5) is 27.1. The van der Waals surface area contributed by atoms with E-state index in [1.165, 1.54) is 0 Å². The number of hydrogen-bond donors (Lipinski definition) is 2. The summed E-state index contributed by atoms with van der Waals surface area (Å²) in [5, 5.41) is 12.9. The molecule has 1 amide bonds. The molecule has 5 rings (SSSR count). The summed E-state index contributed by atoms with van der Waals surface area (Å²) in [6.45, 7) is 1.89. The van der Waals surface area contributed by atoms with Crippen LogP contribution >= 0.6 is 15.9 Å². The van der Waals surface area contributed by atoms with Crippen molar-refractivity contribution < 1.29 is 14.3 Å². The second kappa shape index (κ2) is 6.82. The van der Waals surface area contributed by atoms with Gasteiger partial charge in [-0.25, -0.2) is 0 Å². The van der Waals surface area contributed by atoms with Crippen LogP contribution in [0.15, 0.2) is 69.7 Å². The van der Waals surface area contributed by atoms with Crippen LogP contribution < -0.4 is 11.1 Å². The summed E-state index contributed by atoms with van der Waals surface area (Å²) in [6.07, 6.45) is 0.636. The molecule has 2 aliphatic heterocycles. The lowest BCUT2D eigenvalue weighted by Gasteiger charge is -2.39. The van der Waals surface area contributed by atoms with Crippen molar-refractivity contribution in [3.8, 4) is 6.07 Å². The predicted octanol–water partition coefficient (Wildman–Crippen LogP) is 4.07. The normalized spacial score (nSPS) is 24.5. The lowest BCUT2D eigenvalue weighted by molar-refractivity contribution is -0.123. The summed E-state index contributed by atoms with van der Waals surface area (Å²) in [5.41, 5.74) is 7.71. The molecule has 2 heterocycles. The number of ether oxygens (including phenoxy) is 1. The molecule has 6 nitrogen and oxygen atoms in total. The van der Waals surface area contributed by atoms with Gasteiger partial charge in [-0.15, -0.1) is 0 Å². The van der Waals surface area contributed by atoms with Gasteiger partial charge < -0.3 is 15.8 Å². The summed E-state index contributed by atoms with van der Waals surface area (Å²) < 4.78 is 6.50. The maximum atomic E-state index is 13.6. The van der Waals surface area contributed by atoms with Gasteiger partial charge in [-0.2, -0.15) is 5.26 Å². The van der Waals surface area contributed by atoms with Gasteiger partial charge in [-0.05, 0) is 30.0 Å². The summed E-state index contributed by atoms with van der Waals surface area (Å²) >= 11 is 3.59. The van der Waals surface area contributed by atoms with Crippen molar-refractivity contribution in [2.24, 2.45) is 5.73 Å². The zero-order valence-corrected chi connectivity index (χ0v) is 18.2. The fourth-order valence-corrected chi connectivity index (χ4v) is 5.58. The molecule has 0 fully saturated rings. The second-order valence-electron chi connectivity index (χ2n) is 8.01. The van der Waals surface area contributed by atoms with E-state index in [2.05, 4.69) is 27.3 Å². The number of nitrogens with two attached hydrogens (primary N) is 1. The van der Waals surface area contributed by atoms with Crippen molar-refractivity contribution in [2.45, 2.75) is 31.1 Å². The van der Waals surface area contributed by atoms with E-state index in [1.54, 1.807) is 6.07 Å². The first-order chi connectivity index (χ1) is 14.9. The van der Waals surface area contributed by atoms with Gasteiger partial charge in [0.15, 0.2) is 5.78 Å². The smallest absolute Gasteiger partial charge is 0.245 e. The van der Waals surface area contributed by atoms with Crippen molar-refractivity contribution in [3.63, 3.8) is 0 Å². The lowest BCUT2D eigenvalue weighted by atomic mass is 9.63. The van der Waals surface area contributed by atoms with Crippen molar-refractivity contribution >= 4 is 33.3 Å². The first-order valence-electron chi connectivity index (χ1n) is 9.90. The molecule has 2 aromatic rings. The highest BCUT2D eigenvalue weighted by molar-refractivity contribution is 9.10. The highest BCUT2D eigenvalue weighted by atomic mass is 79.9. The van der Waals surface area contributed by atoms with Gasteiger partial charge in [-0.3, -0.25) is 9.59 Å². The van der Waals surface area contributed by atoms with Crippen LogP contribution in [0.2, 0.25) is 0 Å². The third-order valence-electron chi connectivity index (χ3n) is 6.33. The molecule has 0 bridgehead atoms. The molecule has 0 saturated heterocycles. The van der Waals surface area contributed by atoms with Crippen LogP contribution in [0.25, 0.3) is 0 Å². The fourth-order valence-electron chi connectivity index (χ4n) is 4.94. The molecule has 0 radical (unpaired) electrons. The summed E-state index contributed by atoms with van der Waals surface area (Å²) in [5.74, 6) is -0.551. The van der Waals surface area contributed by atoms with E-state index in [0.29, 0.717) is 27.9 Å². The van der Waals surface area contributed by atoms with Gasteiger partial charge in [0.2, 0.25) is 11.8 Å². The quantitative estimate of drug-likeness (QED) is 0.646. The van der Waals surface area contributed by atoms with E-state index >= 15 is 0 Å². The number of ketones is 1. The Hall–Kier alpha value is -3.37. The Morgan fingerprint density at radius 3 is 2.65 bits per heavy atom. The maximum absolute atomic E-state index is 13.6. The molecular formula is C24H18BrN3O3. The highest BCUT2D eigenvalue weighted by Gasteiger charge is 2.61. The summed E-state index contributed by atoms with van der Waals surface area (Å²) in [6, 6.07) is 15.4. The number of benzene rings is 2. The zero-order valence-electron chi connectivity index (χ0n) is 16.7. The Balaban J connectivity index is 1.78. The number of amides is 1. The van der Waals surface area contributed by atoms with E-state index in [0.717, 1.165) is 11.1 Å². The van der Waals surface area contributed by atoms with E-state index in [9.17, 15) is 14.9 Å². The van der Waals surface area contributed by atoms with Crippen LogP contribution in [-0.2, 0) is 19.7 Å². The van der Waals surface area contributed by atoms with Gasteiger partial charge in [0.1, 0.15) is 22.8 Å². The third kappa shape index (κ3) is 2.55. The predicted molar refractivity (Wildman–Crippen MR) is 118 cm³/mol. The highest BCUT2D eigenvalue weighted by Crippen LogP contribution is 2.57. The number of carbonyl (C=O) groups excluding carboxylic acids is 2. The van der Waals surface area contributed by atoms with Crippen LogP contribution in [0.1, 0.15) is 35.4 Å². The minimum Gasteiger partial charge on any atom is -0.444 e. The average molecular weight is 476 g/mol. The molecule has 0 saturated carbocycles. The van der Waals surface area contributed by atoms with Gasteiger partial charge in [0.05, 0.1) is 5.57 Å². The number of nitrogens with one attached hydrogen (secondary N) is 1. The van der Waals surface area contributed by atoms with Crippen LogP contribution in [0, 0.1) is 18.3 Å². The zero-order chi connectivity index (χ0) is 21.9. The minimum atomic E-state index is -1.62. The number of halogens is 1. The number of rotatable bonds is 1. The maximum Gasteiger partial charge on any atom is 0.245 e. The van der Waals surface area contributed by atoms with E-state index in [-0.39, 0.29) is 35.2 Å². The number of carbonyl (C=O) groups is 2. The second-order valence-corrected chi connectivity index (χ2v) is 8.81. The first kappa shape index (κ1) is 19.6. The number of nitriles is 1. The molecule has 2 unspecified atom stereocenters. The Labute approximate surface area is 187 Å². The molecule has 31 heavy (non-hydrogen) atoms. The Morgan fingerprint density at radius 2 is 1.94 bits per heavy atom. The van der Waals surface area contributed by atoms with Gasteiger partial charge >= 0.3 is 0 Å². The SMILES string of the molecule is Cc1ccc2c(c1Br)C1(C(=O)N2)C(C#N)=C(N)OC2=C1C(=O)CC(c1ccccc1)C2. The number of allylic oxidation sites excluding steroid dienone is 1. The number of Topliss-reactive ketones (excluding diaryl/α,β-unsaturated/α-hetero) is 1. The largest absolute Gasteiger partial charge is 0.444 e. The van der Waals surface area contributed by atoms with Crippen molar-refractivity contribution in [1.29, 1.82) is 5.26 Å². The third-order valence-corrected chi connectivity index (χ3v) is 7.35. The topological polar surface area (TPSA) is 105 Å². The minimum absolute atomic E-state index is 0.0553. The van der Waals surface area contributed by atoms with Crippen LogP contribution in [0.3, 0.4) is 0 Å². The van der Waals surface area contributed by atoms with Crippen molar-refractivity contribution in [2.75, 3.05) is 5.32 Å². The molecular weight excluding hydrogens is 458 g/mol. The molecule has 3 N–H and O–H groups in total. The van der Waals surface area contributed by atoms with E-state index in [4.69, 9.17) is 10.5 Å². The van der Waals surface area contributed by atoms with Gasteiger partial charge in [-0.1, -0.05) is 52.3 Å². The van der Waals surface area contributed by atoms with Crippen molar-refractivity contribution in [1.82, 2.24) is 0 Å². The van der Waals surface area contributed by atoms with E-state index < -0.39 is 11.3 Å². The Bertz CT molecular complexity index is 1270. The summed E-state index contributed by atoms with van der Waals surface area (Å²) in [7, 11) is 0.